The van der Waals surface area contributed by atoms with Gasteiger partial charge in [0, 0.05) is 12.4 Å². The number of carbonyl (C=O) groups excluding carboxylic acids is 1. The smallest absolute Gasteiger partial charge is 0.249 e. The van der Waals surface area contributed by atoms with E-state index in [2.05, 4.69) is 25.1 Å². The molecule has 2 rings (SSSR count). The van der Waals surface area contributed by atoms with E-state index in [1.54, 1.807) is 0 Å². The first-order valence-electron chi connectivity index (χ1n) is 3.54. The summed E-state index contributed by atoms with van der Waals surface area (Å²) in [6.45, 7) is 0. The van der Waals surface area contributed by atoms with Gasteiger partial charge in [0.25, 0.3) is 0 Å². The zero-order valence-electron chi connectivity index (χ0n) is 6.51. The molecule has 0 saturated heterocycles. The van der Waals surface area contributed by atoms with E-state index >= 15 is 0 Å². The predicted octanol–water partition coefficient (Wildman–Crippen LogP) is -0.174. The monoisotopic (exact) mass is 175 g/mol. The average Bonchev–Trinajstić information content (AvgIpc) is 2.71. The molecule has 0 spiro atoms. The molecule has 0 unspecified atom stereocenters. The van der Waals surface area contributed by atoms with Crippen LogP contribution in [0.2, 0.25) is 0 Å². The van der Waals surface area contributed by atoms with Gasteiger partial charge in [0.05, 0.1) is 6.20 Å². The summed E-state index contributed by atoms with van der Waals surface area (Å²) in [5, 5.41) is 6.02. The van der Waals surface area contributed by atoms with E-state index in [0.717, 1.165) is 0 Å². The van der Waals surface area contributed by atoms with Crippen molar-refractivity contribution in [2.24, 2.45) is 0 Å². The number of H-pyrrole nitrogens is 1. The highest BCUT2D eigenvalue weighted by molar-refractivity contribution is 6.04. The molecule has 2 aromatic rings. The predicted molar refractivity (Wildman–Crippen MR) is 41.8 cm³/mol. The zero-order valence-corrected chi connectivity index (χ0v) is 6.51. The van der Waals surface area contributed by atoms with Crippen molar-refractivity contribution in [2.75, 3.05) is 0 Å². The molecule has 2 aromatic heterocycles. The molecule has 0 aliphatic rings. The van der Waals surface area contributed by atoms with Gasteiger partial charge in [-0.2, -0.15) is 5.10 Å². The van der Waals surface area contributed by atoms with Crippen LogP contribution in [0.25, 0.3) is 0 Å². The molecule has 64 valence electrons. The van der Waals surface area contributed by atoms with Gasteiger partial charge in [-0.25, -0.2) is 9.97 Å². The van der Waals surface area contributed by atoms with E-state index in [-0.39, 0.29) is 17.3 Å². The lowest BCUT2D eigenvalue weighted by atomic mass is 10.3. The third kappa shape index (κ3) is 1.41. The molecular formula is C7H5N5O. The Kier molecular flexibility index (Phi) is 1.79. The Morgan fingerprint density at radius 1 is 1.31 bits per heavy atom. The number of hydrogen-bond donors (Lipinski definition) is 1. The minimum Gasteiger partial charge on any atom is -0.283 e. The molecule has 0 bridgehead atoms. The quantitative estimate of drug-likeness (QED) is 0.640. The van der Waals surface area contributed by atoms with Crippen LogP contribution in [-0.4, -0.2) is 30.9 Å². The van der Waals surface area contributed by atoms with Crippen molar-refractivity contribution >= 4 is 5.78 Å². The van der Waals surface area contributed by atoms with Gasteiger partial charge < -0.3 is 0 Å². The first-order valence-corrected chi connectivity index (χ1v) is 3.54. The van der Waals surface area contributed by atoms with E-state index in [1.807, 2.05) is 0 Å². The Morgan fingerprint density at radius 2 is 2.23 bits per heavy atom. The van der Waals surface area contributed by atoms with Crippen LogP contribution in [-0.2, 0) is 0 Å². The van der Waals surface area contributed by atoms with Gasteiger partial charge in [-0.05, 0) is 0 Å². The largest absolute Gasteiger partial charge is 0.283 e. The normalized spacial score (nSPS) is 9.85. The number of ketones is 1. The second-order valence-electron chi connectivity index (χ2n) is 2.25. The maximum Gasteiger partial charge on any atom is 0.249 e. The summed E-state index contributed by atoms with van der Waals surface area (Å²) in [4.78, 5) is 22.8. The topological polar surface area (TPSA) is 84.4 Å². The first-order chi connectivity index (χ1) is 6.38. The van der Waals surface area contributed by atoms with Gasteiger partial charge in [0.1, 0.15) is 12.0 Å². The molecule has 0 fully saturated rings. The van der Waals surface area contributed by atoms with Crippen LogP contribution in [0.15, 0.2) is 24.9 Å². The van der Waals surface area contributed by atoms with Crippen LogP contribution < -0.4 is 0 Å². The average molecular weight is 175 g/mol. The van der Waals surface area contributed by atoms with Crippen molar-refractivity contribution in [1.82, 2.24) is 25.1 Å². The molecule has 0 radical (unpaired) electrons. The molecule has 0 aromatic carbocycles. The summed E-state index contributed by atoms with van der Waals surface area (Å²) < 4.78 is 0. The second kappa shape index (κ2) is 3.10. The Labute approximate surface area is 73.1 Å². The van der Waals surface area contributed by atoms with Crippen molar-refractivity contribution < 1.29 is 4.79 Å². The minimum atomic E-state index is -0.314. The van der Waals surface area contributed by atoms with Gasteiger partial charge in [0.15, 0.2) is 5.82 Å². The molecule has 0 aliphatic heterocycles. The Bertz CT molecular complexity index is 396. The molecular weight excluding hydrogens is 170 g/mol. The van der Waals surface area contributed by atoms with Crippen molar-refractivity contribution in [3.8, 4) is 0 Å². The highest BCUT2D eigenvalue weighted by Gasteiger charge is 2.12. The zero-order chi connectivity index (χ0) is 9.10. The summed E-state index contributed by atoms with van der Waals surface area (Å²) in [7, 11) is 0. The number of nitrogens with one attached hydrogen (secondary N) is 1. The highest BCUT2D eigenvalue weighted by Crippen LogP contribution is 1.98. The number of aromatic nitrogens is 5. The molecule has 1 N–H and O–H groups in total. The standard InChI is InChI=1S/C7H5N5O/c13-6(7-10-4-11-12-7)5-3-8-1-2-9-5/h1-4H,(H,10,11,12). The Hall–Kier alpha value is -2.11. The van der Waals surface area contributed by atoms with Crippen molar-refractivity contribution in [1.29, 1.82) is 0 Å². The minimum absolute atomic E-state index is 0.167. The maximum absolute atomic E-state index is 11.5. The fourth-order valence-electron chi connectivity index (χ4n) is 0.853. The number of nitrogens with zero attached hydrogens (tertiary/aromatic N) is 4. The van der Waals surface area contributed by atoms with Gasteiger partial charge in [-0.15, -0.1) is 0 Å². The molecule has 6 nitrogen and oxygen atoms in total. The van der Waals surface area contributed by atoms with Crippen LogP contribution in [0.4, 0.5) is 0 Å². The fourth-order valence-corrected chi connectivity index (χ4v) is 0.853. The maximum atomic E-state index is 11.5. The summed E-state index contributed by atoms with van der Waals surface area (Å²) in [5.74, 6) is -0.147. The van der Waals surface area contributed by atoms with Crippen LogP contribution in [0.3, 0.4) is 0 Å². The first kappa shape index (κ1) is 7.53. The van der Waals surface area contributed by atoms with Gasteiger partial charge in [0.2, 0.25) is 5.78 Å². The van der Waals surface area contributed by atoms with Crippen molar-refractivity contribution in [2.45, 2.75) is 0 Å². The third-order valence-electron chi connectivity index (χ3n) is 1.43. The lowest BCUT2D eigenvalue weighted by Gasteiger charge is -1.92. The van der Waals surface area contributed by atoms with E-state index in [4.69, 9.17) is 0 Å². The summed E-state index contributed by atoms with van der Waals surface area (Å²) in [6, 6.07) is 0. The lowest BCUT2D eigenvalue weighted by Crippen LogP contribution is -2.06. The molecule has 6 heteroatoms. The molecule has 0 saturated carbocycles. The van der Waals surface area contributed by atoms with Crippen LogP contribution in [0.1, 0.15) is 16.3 Å². The van der Waals surface area contributed by atoms with Gasteiger partial charge in [-0.3, -0.25) is 14.9 Å². The van der Waals surface area contributed by atoms with E-state index < -0.39 is 0 Å². The van der Waals surface area contributed by atoms with Gasteiger partial charge in [-0.1, -0.05) is 0 Å². The number of carbonyl (C=O) groups is 1. The SMILES string of the molecule is O=C(c1cnccn1)c1ncn[nH]1. The summed E-state index contributed by atoms with van der Waals surface area (Å²) >= 11 is 0. The summed E-state index contributed by atoms with van der Waals surface area (Å²) in [6.07, 6.45) is 5.59. The van der Waals surface area contributed by atoms with Gasteiger partial charge >= 0.3 is 0 Å². The van der Waals surface area contributed by atoms with Crippen molar-refractivity contribution in [3.05, 3.63) is 36.4 Å². The molecule has 13 heavy (non-hydrogen) atoms. The van der Waals surface area contributed by atoms with E-state index in [1.165, 1.54) is 24.9 Å². The number of aromatic amines is 1. The molecule has 0 atom stereocenters. The van der Waals surface area contributed by atoms with Crippen LogP contribution >= 0.6 is 0 Å². The highest BCUT2D eigenvalue weighted by atomic mass is 16.1. The number of hydrogen-bond acceptors (Lipinski definition) is 5. The Balaban J connectivity index is 2.34. The number of rotatable bonds is 2. The molecule has 0 amide bonds. The fraction of sp³-hybridized carbons (Fsp3) is 0. The Morgan fingerprint density at radius 3 is 2.85 bits per heavy atom. The molecule has 2 heterocycles. The van der Waals surface area contributed by atoms with Crippen LogP contribution in [0.5, 0.6) is 0 Å². The second-order valence-corrected chi connectivity index (χ2v) is 2.25. The van der Waals surface area contributed by atoms with Crippen molar-refractivity contribution in [3.63, 3.8) is 0 Å². The van der Waals surface area contributed by atoms with Crippen LogP contribution in [0, 0.1) is 0 Å². The van der Waals surface area contributed by atoms with E-state index in [9.17, 15) is 4.79 Å². The summed E-state index contributed by atoms with van der Waals surface area (Å²) in [5.41, 5.74) is 0.249. The lowest BCUT2D eigenvalue weighted by molar-refractivity contribution is 0.102. The molecule has 0 aliphatic carbocycles. The van der Waals surface area contributed by atoms with E-state index in [0.29, 0.717) is 0 Å². The third-order valence-corrected chi connectivity index (χ3v) is 1.43.